The van der Waals surface area contributed by atoms with E-state index in [9.17, 15) is 0 Å². The zero-order chi connectivity index (χ0) is 31.5. The van der Waals surface area contributed by atoms with Crippen molar-refractivity contribution in [2.24, 2.45) is 0 Å². The first-order chi connectivity index (χ1) is 21.7. The summed E-state index contributed by atoms with van der Waals surface area (Å²) in [6.45, 7) is 12.1. The molecular formula is C37H40N6P2. The Kier molecular flexibility index (Phi) is 7.55. The van der Waals surface area contributed by atoms with E-state index in [0.29, 0.717) is 11.3 Å². The molecule has 0 radical (unpaired) electrons. The molecule has 0 saturated heterocycles. The van der Waals surface area contributed by atoms with E-state index in [1.807, 2.05) is 12.4 Å². The van der Waals surface area contributed by atoms with Crippen LogP contribution in [0.2, 0.25) is 0 Å². The molecule has 45 heavy (non-hydrogen) atoms. The molecule has 0 fully saturated rings. The molecule has 6 nitrogen and oxygen atoms in total. The van der Waals surface area contributed by atoms with Gasteiger partial charge in [0.2, 0.25) is 0 Å². The van der Waals surface area contributed by atoms with Gasteiger partial charge in [-0.15, -0.1) is 0 Å². The van der Waals surface area contributed by atoms with Crippen LogP contribution in [0.15, 0.2) is 97.8 Å². The van der Waals surface area contributed by atoms with Crippen molar-refractivity contribution in [1.29, 1.82) is 0 Å². The van der Waals surface area contributed by atoms with Crippen molar-refractivity contribution in [2.75, 3.05) is 30.6 Å². The fraction of sp³-hybridized carbons (Fsp3) is 0.243. The summed E-state index contributed by atoms with van der Waals surface area (Å²) in [7, 11) is 1.27. The molecule has 6 aromatic rings. The summed E-state index contributed by atoms with van der Waals surface area (Å²) in [6.07, 6.45) is 7.20. The van der Waals surface area contributed by atoms with Gasteiger partial charge in [-0.3, -0.25) is 0 Å². The summed E-state index contributed by atoms with van der Waals surface area (Å²) >= 11 is 0. The topological polar surface area (TPSA) is 58.0 Å². The van der Waals surface area contributed by atoms with E-state index in [0.717, 1.165) is 21.8 Å². The Hall–Kier alpha value is -3.98. The summed E-state index contributed by atoms with van der Waals surface area (Å²) in [5, 5.41) is 7.60. The molecule has 4 aromatic carbocycles. The van der Waals surface area contributed by atoms with E-state index in [2.05, 4.69) is 141 Å². The molecule has 0 N–H and O–H groups in total. The predicted octanol–water partition coefficient (Wildman–Crippen LogP) is 7.00. The molecule has 7 rings (SSSR count). The molecule has 0 aliphatic carbocycles. The molecule has 0 amide bonds. The normalized spacial score (nSPS) is 16.9. The standard InChI is InChI=1S/C37H40N6P2/c1-24(2)44-34-14-10-8-12-30(34)42(5)31-13-9-11-15-36(31)45(7,25(3)4)37-19-29-27(21-39-23-41-29)17-33(37)43(6)32-16-26-20-38-22-40-28(26)18-35(32)44/h8-25,45H,1-7H3. The fourth-order valence-electron chi connectivity index (χ4n) is 7.05. The second-order valence-electron chi connectivity index (χ2n) is 12.8. The molecule has 0 saturated carbocycles. The van der Waals surface area contributed by atoms with Gasteiger partial charge in [-0.2, -0.15) is 0 Å². The van der Waals surface area contributed by atoms with Crippen molar-refractivity contribution >= 4 is 81.0 Å². The molecular weight excluding hydrogens is 590 g/mol. The van der Waals surface area contributed by atoms with Crippen LogP contribution in [-0.2, 0) is 0 Å². The van der Waals surface area contributed by atoms with Gasteiger partial charge in [0.15, 0.2) is 0 Å². The number of rotatable bonds is 2. The monoisotopic (exact) mass is 630 g/mol. The minimum atomic E-state index is -2.43. The van der Waals surface area contributed by atoms with Gasteiger partial charge in [0.05, 0.1) is 0 Å². The van der Waals surface area contributed by atoms with E-state index in [1.165, 1.54) is 44.0 Å². The van der Waals surface area contributed by atoms with Gasteiger partial charge in [-0.05, 0) is 0 Å². The molecule has 8 heteroatoms. The van der Waals surface area contributed by atoms with Gasteiger partial charge in [0.1, 0.15) is 0 Å². The summed E-state index contributed by atoms with van der Waals surface area (Å²) in [5.74, 6) is 0. The second-order valence-corrected chi connectivity index (χ2v) is 20.2. The Morgan fingerprint density at radius 2 is 1.20 bits per heavy atom. The summed E-state index contributed by atoms with van der Waals surface area (Å²) in [6, 6.07) is 27.4. The maximum absolute atomic E-state index is 4.76. The van der Waals surface area contributed by atoms with Gasteiger partial charge in [-0.25, -0.2) is 0 Å². The quantitative estimate of drug-likeness (QED) is 0.192. The van der Waals surface area contributed by atoms with E-state index < -0.39 is 15.2 Å². The number of aromatic nitrogens is 4. The first kappa shape index (κ1) is 29.7. The third-order valence-corrected chi connectivity index (χ3v) is 17.9. The van der Waals surface area contributed by atoms with Gasteiger partial charge >= 0.3 is 268 Å². The average molecular weight is 631 g/mol. The van der Waals surface area contributed by atoms with E-state index in [1.54, 1.807) is 12.7 Å². The molecule has 1 aliphatic rings. The number of fused-ring (bicyclic) bond motifs is 6. The summed E-state index contributed by atoms with van der Waals surface area (Å²) in [5.41, 5.74) is 7.69. The molecule has 2 aromatic heterocycles. The summed E-state index contributed by atoms with van der Waals surface area (Å²) < 4.78 is 0. The number of hydrogen-bond acceptors (Lipinski definition) is 6. The van der Waals surface area contributed by atoms with Crippen molar-refractivity contribution < 1.29 is 0 Å². The van der Waals surface area contributed by atoms with Crippen LogP contribution < -0.4 is 31.0 Å². The van der Waals surface area contributed by atoms with Crippen LogP contribution in [0.1, 0.15) is 27.7 Å². The van der Waals surface area contributed by atoms with E-state index >= 15 is 0 Å². The molecule has 3 heterocycles. The Bertz CT molecular complexity index is 2060. The molecule has 1 atom stereocenters. The van der Waals surface area contributed by atoms with Crippen LogP contribution in [-0.4, -0.2) is 52.0 Å². The molecule has 0 bridgehead atoms. The Balaban J connectivity index is 1.68. The third kappa shape index (κ3) is 4.78. The Morgan fingerprint density at radius 3 is 1.87 bits per heavy atom. The summed E-state index contributed by atoms with van der Waals surface area (Å²) in [4.78, 5) is 23.2. The fourth-order valence-corrected chi connectivity index (χ4v) is 13.8. The zero-order valence-electron chi connectivity index (χ0n) is 27.0. The van der Waals surface area contributed by atoms with Crippen LogP contribution in [0.25, 0.3) is 21.8 Å². The number of para-hydroxylation sites is 2. The van der Waals surface area contributed by atoms with Crippen LogP contribution in [0.4, 0.5) is 22.7 Å². The number of benzene rings is 4. The molecule has 1 aliphatic heterocycles. The van der Waals surface area contributed by atoms with E-state index in [4.69, 9.17) is 9.97 Å². The number of hydrogen-bond donors (Lipinski definition) is 0. The first-order valence-electron chi connectivity index (χ1n) is 15.6. The van der Waals surface area contributed by atoms with Crippen molar-refractivity contribution in [2.45, 2.75) is 39.0 Å². The van der Waals surface area contributed by atoms with Crippen LogP contribution in [0.5, 0.6) is 0 Å². The van der Waals surface area contributed by atoms with Crippen molar-refractivity contribution in [1.82, 2.24) is 19.9 Å². The Labute approximate surface area is 267 Å². The maximum atomic E-state index is 4.76. The SMILES string of the molecule is CC(C)P1c2ccccc2N(C)c2ccccc2[PH](C)(C(C)C)c2cc3ncncc3cc2N(C)c2cc3cncnc3cc21. The number of anilines is 4. The molecule has 1 unspecified atom stereocenters. The zero-order valence-corrected chi connectivity index (χ0v) is 28.9. The van der Waals surface area contributed by atoms with Gasteiger partial charge < -0.3 is 0 Å². The molecule has 228 valence electrons. The van der Waals surface area contributed by atoms with Crippen LogP contribution >= 0.6 is 15.2 Å². The third-order valence-electron chi connectivity index (χ3n) is 9.76. The Morgan fingerprint density at radius 1 is 0.622 bits per heavy atom. The average Bonchev–Trinajstić information content (AvgIpc) is 3.06. The minimum absolute atomic E-state index is 0.388. The van der Waals surface area contributed by atoms with E-state index in [-0.39, 0.29) is 0 Å². The van der Waals surface area contributed by atoms with Gasteiger partial charge in [-0.1, -0.05) is 0 Å². The first-order valence-corrected chi connectivity index (χ1v) is 19.6. The predicted molar refractivity (Wildman–Crippen MR) is 198 cm³/mol. The van der Waals surface area contributed by atoms with Gasteiger partial charge in [0.25, 0.3) is 0 Å². The van der Waals surface area contributed by atoms with Crippen LogP contribution in [0.3, 0.4) is 0 Å². The van der Waals surface area contributed by atoms with Gasteiger partial charge in [0, 0.05) is 0 Å². The second kappa shape index (κ2) is 11.4. The van der Waals surface area contributed by atoms with Crippen molar-refractivity contribution in [3.05, 3.63) is 97.8 Å². The molecule has 0 spiro atoms. The van der Waals surface area contributed by atoms with Crippen molar-refractivity contribution in [3.63, 3.8) is 0 Å². The van der Waals surface area contributed by atoms with Crippen LogP contribution in [0, 0.1) is 0 Å². The number of nitrogens with zero attached hydrogens (tertiary/aromatic N) is 6. The van der Waals surface area contributed by atoms with Crippen molar-refractivity contribution in [3.8, 4) is 0 Å².